The summed E-state index contributed by atoms with van der Waals surface area (Å²) in [5, 5.41) is 0.597. The average Bonchev–Trinajstić information content (AvgIpc) is 3.43. The molecule has 0 N–H and O–H groups in total. The van der Waals surface area contributed by atoms with Crippen LogP contribution >= 0.6 is 11.6 Å². The maximum absolute atomic E-state index is 13.6. The molecular formula is C34H44ClNO6. The molecule has 1 fully saturated rings. The van der Waals surface area contributed by atoms with E-state index in [0.717, 1.165) is 36.1 Å². The molecule has 2 aromatic carbocycles. The van der Waals surface area contributed by atoms with Crippen LogP contribution in [0.15, 0.2) is 59.8 Å². The van der Waals surface area contributed by atoms with Crippen molar-refractivity contribution in [2.75, 3.05) is 19.8 Å². The number of allylic oxidation sites excluding steroid dienone is 1. The number of halogens is 1. The van der Waals surface area contributed by atoms with Crippen molar-refractivity contribution >= 4 is 23.5 Å². The number of carbonyl (C=O) groups excluding carboxylic acids is 2. The normalized spacial score (nSPS) is 19.8. The molecule has 8 heteroatoms. The first-order chi connectivity index (χ1) is 19.8. The fourth-order valence-corrected chi connectivity index (χ4v) is 5.45. The van der Waals surface area contributed by atoms with E-state index >= 15 is 0 Å². The Hall–Kier alpha value is -2.87. The second kappa shape index (κ2) is 13.6. The first-order valence-corrected chi connectivity index (χ1v) is 15.2. The Morgan fingerprint density at radius 3 is 2.36 bits per heavy atom. The van der Waals surface area contributed by atoms with Crippen molar-refractivity contribution in [1.82, 2.24) is 4.90 Å². The number of carbonyl (C=O) groups is 2. The first-order valence-electron chi connectivity index (χ1n) is 14.8. The number of benzene rings is 2. The maximum Gasteiger partial charge on any atom is 0.336 e. The number of rotatable bonds is 11. The number of ether oxygens (including phenoxy) is 4. The van der Waals surface area contributed by atoms with Crippen LogP contribution in [0.2, 0.25) is 5.02 Å². The highest BCUT2D eigenvalue weighted by molar-refractivity contribution is 6.30. The molecule has 2 atom stereocenters. The molecule has 0 spiro atoms. The Labute approximate surface area is 255 Å². The predicted octanol–water partition coefficient (Wildman–Crippen LogP) is 7.21. The summed E-state index contributed by atoms with van der Waals surface area (Å²) in [4.78, 5) is 28.6. The number of amides is 1. The van der Waals surface area contributed by atoms with Gasteiger partial charge in [-0.05, 0) is 89.8 Å². The third-order valence-electron chi connectivity index (χ3n) is 7.65. The zero-order valence-electron chi connectivity index (χ0n) is 25.7. The van der Waals surface area contributed by atoms with Gasteiger partial charge in [-0.3, -0.25) is 4.79 Å². The van der Waals surface area contributed by atoms with Gasteiger partial charge in [-0.1, -0.05) is 35.9 Å². The molecule has 0 radical (unpaired) electrons. The quantitative estimate of drug-likeness (QED) is 0.255. The molecule has 1 amide bonds. The molecule has 0 saturated carbocycles. The van der Waals surface area contributed by atoms with Gasteiger partial charge in [0.05, 0.1) is 30.4 Å². The summed E-state index contributed by atoms with van der Waals surface area (Å²) >= 11 is 6.12. The largest absolute Gasteiger partial charge is 0.488 e. The van der Waals surface area contributed by atoms with Crippen molar-refractivity contribution in [3.05, 3.63) is 76.0 Å². The number of esters is 1. The first kappa shape index (κ1) is 32.1. The molecule has 0 aliphatic carbocycles. The molecule has 2 aromatic rings. The van der Waals surface area contributed by atoms with Gasteiger partial charge in [0.1, 0.15) is 18.0 Å². The SMILES string of the molecule is CC1=C(C(=O)OCc2ccc(OC(C)(C)CCOC(C)(C)C)cc2)[C@H](c2ccc(Cl)cc2)CC(=O)N1C[C@H]1CCCO1. The van der Waals surface area contributed by atoms with Crippen molar-refractivity contribution in [2.45, 2.75) is 97.1 Å². The summed E-state index contributed by atoms with van der Waals surface area (Å²) in [5.41, 5.74) is 2.23. The summed E-state index contributed by atoms with van der Waals surface area (Å²) in [5.74, 6) is -0.133. The molecule has 2 aliphatic heterocycles. The smallest absolute Gasteiger partial charge is 0.336 e. The van der Waals surface area contributed by atoms with E-state index in [-0.39, 0.29) is 30.6 Å². The van der Waals surface area contributed by atoms with E-state index in [4.69, 9.17) is 30.5 Å². The van der Waals surface area contributed by atoms with Crippen LogP contribution < -0.4 is 4.74 Å². The van der Waals surface area contributed by atoms with Gasteiger partial charge in [-0.25, -0.2) is 4.79 Å². The third-order valence-corrected chi connectivity index (χ3v) is 7.90. The highest BCUT2D eigenvalue weighted by Gasteiger charge is 2.38. The Kier molecular flexibility index (Phi) is 10.4. The topological polar surface area (TPSA) is 74.3 Å². The van der Waals surface area contributed by atoms with Crippen molar-refractivity contribution in [2.24, 2.45) is 0 Å². The zero-order valence-corrected chi connectivity index (χ0v) is 26.5. The van der Waals surface area contributed by atoms with Gasteiger partial charge in [0.2, 0.25) is 5.91 Å². The molecule has 2 aliphatic rings. The lowest BCUT2D eigenvalue weighted by molar-refractivity contribution is -0.141. The summed E-state index contributed by atoms with van der Waals surface area (Å²) in [7, 11) is 0. The van der Waals surface area contributed by atoms with Crippen molar-refractivity contribution in [3.63, 3.8) is 0 Å². The average molecular weight is 598 g/mol. The van der Waals surface area contributed by atoms with E-state index in [1.165, 1.54) is 0 Å². The van der Waals surface area contributed by atoms with Crippen LogP contribution in [-0.4, -0.2) is 53.8 Å². The number of nitrogens with zero attached hydrogens (tertiary/aromatic N) is 1. The van der Waals surface area contributed by atoms with E-state index < -0.39 is 17.5 Å². The third kappa shape index (κ3) is 8.82. The van der Waals surface area contributed by atoms with Crippen molar-refractivity contribution in [1.29, 1.82) is 0 Å². The van der Waals surface area contributed by atoms with Crippen LogP contribution in [0.3, 0.4) is 0 Å². The molecule has 1 saturated heterocycles. The predicted molar refractivity (Wildman–Crippen MR) is 163 cm³/mol. The van der Waals surface area contributed by atoms with Crippen LogP contribution in [0.25, 0.3) is 0 Å². The van der Waals surface area contributed by atoms with Gasteiger partial charge in [-0.15, -0.1) is 0 Å². The molecule has 42 heavy (non-hydrogen) atoms. The zero-order chi connectivity index (χ0) is 30.5. The minimum absolute atomic E-state index is 0.0232. The van der Waals surface area contributed by atoms with Crippen molar-refractivity contribution in [3.8, 4) is 5.75 Å². The monoisotopic (exact) mass is 597 g/mol. The summed E-state index contributed by atoms with van der Waals surface area (Å²) in [6, 6.07) is 14.9. The van der Waals surface area contributed by atoms with E-state index in [1.807, 2.05) is 77.9 Å². The van der Waals surface area contributed by atoms with Crippen LogP contribution in [0.4, 0.5) is 0 Å². The Bertz CT molecular complexity index is 1260. The summed E-state index contributed by atoms with van der Waals surface area (Å²) < 4.78 is 23.7. The summed E-state index contributed by atoms with van der Waals surface area (Å²) in [6.45, 7) is 13.9. The highest BCUT2D eigenvalue weighted by Crippen LogP contribution is 2.38. The fourth-order valence-electron chi connectivity index (χ4n) is 5.33. The fraction of sp³-hybridized carbons (Fsp3) is 0.529. The van der Waals surface area contributed by atoms with Crippen LogP contribution in [0, 0.1) is 0 Å². The van der Waals surface area contributed by atoms with Gasteiger partial charge in [0.15, 0.2) is 0 Å². The molecule has 0 bridgehead atoms. The van der Waals surface area contributed by atoms with Crippen molar-refractivity contribution < 1.29 is 28.5 Å². The lowest BCUT2D eigenvalue weighted by Gasteiger charge is -2.35. The van der Waals surface area contributed by atoms with E-state index in [2.05, 4.69) is 0 Å². The molecule has 228 valence electrons. The second-order valence-electron chi connectivity index (χ2n) is 12.7. The maximum atomic E-state index is 13.6. The summed E-state index contributed by atoms with van der Waals surface area (Å²) in [6.07, 6.45) is 2.78. The number of hydrogen-bond donors (Lipinski definition) is 0. The standard InChI is InChI=1S/C34H44ClNO6/c1-23-31(29(25-11-13-26(35)14-12-25)20-30(37)36(23)21-28-8-7-18-39-28)32(38)40-22-24-9-15-27(16-10-24)42-34(5,6)17-19-41-33(2,3)4/h9-16,28-29H,7-8,17-22H2,1-6H3/t28-,29+/m1/s1. The lowest BCUT2D eigenvalue weighted by atomic mass is 9.83. The Balaban J connectivity index is 1.45. The molecule has 0 aromatic heterocycles. The lowest BCUT2D eigenvalue weighted by Crippen LogP contribution is -2.42. The number of hydrogen-bond acceptors (Lipinski definition) is 6. The minimum atomic E-state index is -0.433. The van der Waals surface area contributed by atoms with E-state index in [9.17, 15) is 9.59 Å². The van der Waals surface area contributed by atoms with E-state index in [1.54, 1.807) is 17.0 Å². The van der Waals surface area contributed by atoms with Crippen LogP contribution in [0.1, 0.15) is 84.3 Å². The minimum Gasteiger partial charge on any atom is -0.488 e. The van der Waals surface area contributed by atoms with Crippen LogP contribution in [-0.2, 0) is 30.4 Å². The molecule has 4 rings (SSSR count). The molecular weight excluding hydrogens is 554 g/mol. The second-order valence-corrected chi connectivity index (χ2v) is 13.2. The molecule has 2 heterocycles. The van der Waals surface area contributed by atoms with Crippen LogP contribution in [0.5, 0.6) is 5.75 Å². The molecule has 7 nitrogen and oxygen atoms in total. The van der Waals surface area contributed by atoms with Gasteiger partial charge >= 0.3 is 5.97 Å². The van der Waals surface area contributed by atoms with Gasteiger partial charge in [0, 0.05) is 36.1 Å². The highest BCUT2D eigenvalue weighted by atomic mass is 35.5. The Morgan fingerprint density at radius 1 is 1.05 bits per heavy atom. The van der Waals surface area contributed by atoms with Gasteiger partial charge in [0.25, 0.3) is 0 Å². The van der Waals surface area contributed by atoms with E-state index in [0.29, 0.717) is 36.1 Å². The van der Waals surface area contributed by atoms with Gasteiger partial charge < -0.3 is 23.8 Å². The Morgan fingerprint density at radius 2 is 1.74 bits per heavy atom. The van der Waals surface area contributed by atoms with Gasteiger partial charge in [-0.2, -0.15) is 0 Å². The molecule has 0 unspecified atom stereocenters.